The highest BCUT2D eigenvalue weighted by Crippen LogP contribution is 2.37. The molecule has 1 aliphatic carbocycles. The maximum Gasteiger partial charge on any atom is 0.170 e. The zero-order chi connectivity index (χ0) is 9.59. The number of Topliss-reactive ketones (excluding diaryl/α,β-unsaturated/α-hetero) is 1. The zero-order valence-electron chi connectivity index (χ0n) is 7.17. The lowest BCUT2D eigenvalue weighted by Crippen LogP contribution is -2.03. The molecule has 0 spiro atoms. The van der Waals surface area contributed by atoms with Crippen LogP contribution in [0.15, 0.2) is 16.6 Å². The monoisotopic (exact) mass is 240 g/mol. The van der Waals surface area contributed by atoms with Gasteiger partial charge in [0, 0.05) is 10.4 Å². The SMILES string of the molecule is CC1Cc2c(Br)ccc(O)c2C1=O. The van der Waals surface area contributed by atoms with Gasteiger partial charge in [0.1, 0.15) is 5.75 Å². The van der Waals surface area contributed by atoms with Crippen LogP contribution in [0.5, 0.6) is 5.75 Å². The van der Waals surface area contributed by atoms with Crippen LogP contribution in [0.25, 0.3) is 0 Å². The predicted molar refractivity (Wildman–Crippen MR) is 53.0 cm³/mol. The lowest BCUT2D eigenvalue weighted by atomic mass is 10.1. The van der Waals surface area contributed by atoms with E-state index in [1.165, 1.54) is 0 Å². The largest absolute Gasteiger partial charge is 0.507 e. The molecule has 0 aromatic heterocycles. The van der Waals surface area contributed by atoms with Gasteiger partial charge >= 0.3 is 0 Å². The number of carbonyl (C=O) groups excluding carboxylic acids is 1. The third-order valence-corrected chi connectivity index (χ3v) is 3.18. The molecule has 1 aliphatic rings. The number of rotatable bonds is 0. The summed E-state index contributed by atoms with van der Waals surface area (Å²) in [5, 5.41) is 9.50. The Morgan fingerprint density at radius 2 is 2.23 bits per heavy atom. The molecule has 0 aliphatic heterocycles. The number of phenols is 1. The summed E-state index contributed by atoms with van der Waals surface area (Å²) in [6, 6.07) is 3.33. The first kappa shape index (κ1) is 8.75. The summed E-state index contributed by atoms with van der Waals surface area (Å²) >= 11 is 3.37. The predicted octanol–water partition coefficient (Wildman–Crippen LogP) is 2.53. The fourth-order valence-electron chi connectivity index (χ4n) is 1.73. The molecule has 1 unspecified atom stereocenters. The Hall–Kier alpha value is -0.830. The fourth-order valence-corrected chi connectivity index (χ4v) is 2.22. The van der Waals surface area contributed by atoms with Gasteiger partial charge in [-0.1, -0.05) is 22.9 Å². The van der Waals surface area contributed by atoms with Gasteiger partial charge in [-0.2, -0.15) is 0 Å². The van der Waals surface area contributed by atoms with Gasteiger partial charge in [-0.3, -0.25) is 4.79 Å². The number of carbonyl (C=O) groups is 1. The number of hydrogen-bond donors (Lipinski definition) is 1. The molecule has 0 bridgehead atoms. The summed E-state index contributed by atoms with van der Waals surface area (Å²) in [6.45, 7) is 1.88. The number of hydrogen-bond acceptors (Lipinski definition) is 2. The van der Waals surface area contributed by atoms with Crippen LogP contribution in [-0.2, 0) is 6.42 Å². The average molecular weight is 241 g/mol. The van der Waals surface area contributed by atoms with E-state index in [-0.39, 0.29) is 17.5 Å². The Morgan fingerprint density at radius 3 is 2.85 bits per heavy atom. The maximum absolute atomic E-state index is 11.6. The van der Waals surface area contributed by atoms with Crippen molar-refractivity contribution in [2.45, 2.75) is 13.3 Å². The van der Waals surface area contributed by atoms with Crippen molar-refractivity contribution in [2.24, 2.45) is 5.92 Å². The van der Waals surface area contributed by atoms with Crippen molar-refractivity contribution in [3.63, 3.8) is 0 Å². The molecule has 1 atom stereocenters. The lowest BCUT2D eigenvalue weighted by molar-refractivity contribution is 0.0944. The fraction of sp³-hybridized carbons (Fsp3) is 0.300. The third-order valence-electron chi connectivity index (χ3n) is 2.44. The molecule has 0 heterocycles. The van der Waals surface area contributed by atoms with Crippen molar-refractivity contribution in [2.75, 3.05) is 0 Å². The molecule has 1 aromatic carbocycles. The van der Waals surface area contributed by atoms with Gasteiger partial charge in [0.15, 0.2) is 5.78 Å². The van der Waals surface area contributed by atoms with Crippen LogP contribution in [0.4, 0.5) is 0 Å². The van der Waals surface area contributed by atoms with E-state index in [0.717, 1.165) is 16.5 Å². The molecule has 0 amide bonds. The molecule has 0 radical (unpaired) electrons. The van der Waals surface area contributed by atoms with E-state index < -0.39 is 0 Å². The van der Waals surface area contributed by atoms with E-state index >= 15 is 0 Å². The van der Waals surface area contributed by atoms with Crippen LogP contribution in [0.2, 0.25) is 0 Å². The summed E-state index contributed by atoms with van der Waals surface area (Å²) < 4.78 is 0.915. The quantitative estimate of drug-likeness (QED) is 0.757. The molecule has 1 N–H and O–H groups in total. The molecule has 0 saturated carbocycles. The summed E-state index contributed by atoms with van der Waals surface area (Å²) in [4.78, 5) is 11.6. The highest BCUT2D eigenvalue weighted by molar-refractivity contribution is 9.10. The van der Waals surface area contributed by atoms with Crippen LogP contribution in [0.1, 0.15) is 22.8 Å². The molecule has 2 nitrogen and oxygen atoms in total. The highest BCUT2D eigenvalue weighted by atomic mass is 79.9. The second-order valence-corrected chi connectivity index (χ2v) is 4.24. The van der Waals surface area contributed by atoms with Crippen molar-refractivity contribution in [3.8, 4) is 5.75 Å². The van der Waals surface area contributed by atoms with Gasteiger partial charge in [-0.25, -0.2) is 0 Å². The van der Waals surface area contributed by atoms with Crippen molar-refractivity contribution < 1.29 is 9.90 Å². The standard InChI is InChI=1S/C10H9BrO2/c1-5-4-6-7(11)2-3-8(12)9(6)10(5)13/h2-3,5,12H,4H2,1H3. The van der Waals surface area contributed by atoms with E-state index in [2.05, 4.69) is 15.9 Å². The minimum atomic E-state index is -0.000370. The molecule has 68 valence electrons. The molecule has 1 aromatic rings. The number of phenolic OH excluding ortho intramolecular Hbond substituents is 1. The number of halogens is 1. The van der Waals surface area contributed by atoms with Crippen LogP contribution in [0.3, 0.4) is 0 Å². The smallest absolute Gasteiger partial charge is 0.170 e. The Bertz CT molecular complexity index is 385. The topological polar surface area (TPSA) is 37.3 Å². The van der Waals surface area contributed by atoms with Gasteiger partial charge in [0.25, 0.3) is 0 Å². The average Bonchev–Trinajstić information content (AvgIpc) is 2.38. The van der Waals surface area contributed by atoms with Crippen LogP contribution in [-0.4, -0.2) is 10.9 Å². The lowest BCUT2D eigenvalue weighted by Gasteiger charge is -2.02. The van der Waals surface area contributed by atoms with E-state index in [9.17, 15) is 9.90 Å². The first-order chi connectivity index (χ1) is 6.11. The van der Waals surface area contributed by atoms with Gasteiger partial charge < -0.3 is 5.11 Å². The van der Waals surface area contributed by atoms with Gasteiger partial charge in [-0.15, -0.1) is 0 Å². The molecule has 0 fully saturated rings. The van der Waals surface area contributed by atoms with Crippen LogP contribution < -0.4 is 0 Å². The summed E-state index contributed by atoms with van der Waals surface area (Å²) in [7, 11) is 0. The molecule has 13 heavy (non-hydrogen) atoms. The second kappa shape index (κ2) is 2.84. The summed E-state index contributed by atoms with van der Waals surface area (Å²) in [5.74, 6) is 0.154. The van der Waals surface area contributed by atoms with E-state index in [1.807, 2.05) is 6.92 Å². The first-order valence-electron chi connectivity index (χ1n) is 4.16. The van der Waals surface area contributed by atoms with Crippen molar-refractivity contribution in [1.29, 1.82) is 0 Å². The van der Waals surface area contributed by atoms with Crippen LogP contribution >= 0.6 is 15.9 Å². The number of ketones is 1. The van der Waals surface area contributed by atoms with E-state index in [1.54, 1.807) is 12.1 Å². The highest BCUT2D eigenvalue weighted by Gasteiger charge is 2.31. The Kier molecular flexibility index (Phi) is 1.91. The normalized spacial score (nSPS) is 20.5. The molecular formula is C10H9BrO2. The summed E-state index contributed by atoms with van der Waals surface area (Å²) in [6.07, 6.45) is 0.725. The Morgan fingerprint density at radius 1 is 1.54 bits per heavy atom. The summed E-state index contributed by atoms with van der Waals surface area (Å²) in [5.41, 5.74) is 1.44. The van der Waals surface area contributed by atoms with Crippen molar-refractivity contribution in [3.05, 3.63) is 27.7 Å². The van der Waals surface area contributed by atoms with Crippen LogP contribution in [0, 0.1) is 5.92 Å². The molecule has 2 rings (SSSR count). The Labute approximate surface area is 84.7 Å². The maximum atomic E-state index is 11.6. The molecular weight excluding hydrogens is 232 g/mol. The second-order valence-electron chi connectivity index (χ2n) is 3.39. The third kappa shape index (κ3) is 1.18. The zero-order valence-corrected chi connectivity index (χ0v) is 8.76. The Balaban J connectivity index is 2.68. The van der Waals surface area contributed by atoms with E-state index in [4.69, 9.17) is 0 Å². The van der Waals surface area contributed by atoms with Crippen molar-refractivity contribution >= 4 is 21.7 Å². The number of fused-ring (bicyclic) bond motifs is 1. The first-order valence-corrected chi connectivity index (χ1v) is 4.95. The van der Waals surface area contributed by atoms with E-state index in [0.29, 0.717) is 5.56 Å². The minimum Gasteiger partial charge on any atom is -0.507 e. The molecule has 0 saturated heterocycles. The van der Waals surface area contributed by atoms with Crippen molar-refractivity contribution in [1.82, 2.24) is 0 Å². The van der Waals surface area contributed by atoms with Gasteiger partial charge in [0.2, 0.25) is 0 Å². The van der Waals surface area contributed by atoms with Gasteiger partial charge in [0.05, 0.1) is 5.56 Å². The minimum absolute atomic E-state index is 0.000370. The molecule has 3 heteroatoms. The number of aromatic hydroxyl groups is 1. The van der Waals surface area contributed by atoms with Gasteiger partial charge in [-0.05, 0) is 24.1 Å². The number of benzene rings is 1.